The van der Waals surface area contributed by atoms with Gasteiger partial charge in [-0.15, -0.1) is 0 Å². The van der Waals surface area contributed by atoms with Gasteiger partial charge in [0.25, 0.3) is 0 Å². The second-order valence-corrected chi connectivity index (χ2v) is 1.75. The fourth-order valence-electron chi connectivity index (χ4n) is 0.464. The molecule has 0 aromatic heterocycles. The molecule has 0 bridgehead atoms. The monoisotopic (exact) mass is 150 g/mol. The molecule has 0 aliphatic carbocycles. The van der Waals surface area contributed by atoms with Gasteiger partial charge in [0.1, 0.15) is 0 Å². The molecule has 0 amide bonds. The molecule has 0 aliphatic rings. The van der Waals surface area contributed by atoms with Crippen molar-refractivity contribution in [3.05, 3.63) is 49.1 Å². The minimum absolute atomic E-state index is 0.170. The van der Waals surface area contributed by atoms with Crippen LogP contribution in [0.5, 0.6) is 0 Å². The molecule has 0 radical (unpaired) electrons. The second-order valence-electron chi connectivity index (χ2n) is 1.75. The van der Waals surface area contributed by atoms with Gasteiger partial charge in [0.15, 0.2) is 0 Å². The average molecular weight is 150 g/mol. The molecule has 0 fully saturated rings. The standard InChI is InChI=1S/C9H10O2/c1-3-5-6-7-8(4-2)9(10)11/h3-7H,1-2H2,(H,10,11). The predicted octanol–water partition coefficient (Wildman–Crippen LogP) is 1.93. The highest BCUT2D eigenvalue weighted by Crippen LogP contribution is 1.95. The van der Waals surface area contributed by atoms with Crippen molar-refractivity contribution in [1.29, 1.82) is 0 Å². The summed E-state index contributed by atoms with van der Waals surface area (Å²) in [6.07, 6.45) is 7.55. The highest BCUT2D eigenvalue weighted by molar-refractivity contribution is 5.89. The fraction of sp³-hybridized carbons (Fsp3) is 0. The van der Waals surface area contributed by atoms with Crippen LogP contribution in [0.2, 0.25) is 0 Å². The van der Waals surface area contributed by atoms with Crippen LogP contribution in [0.15, 0.2) is 49.1 Å². The third-order valence-corrected chi connectivity index (χ3v) is 0.990. The number of carboxylic acids is 1. The van der Waals surface area contributed by atoms with E-state index in [0.717, 1.165) is 0 Å². The summed E-state index contributed by atoms with van der Waals surface area (Å²) < 4.78 is 0. The number of hydrogen-bond donors (Lipinski definition) is 1. The minimum atomic E-state index is -0.978. The van der Waals surface area contributed by atoms with Crippen LogP contribution in [0, 0.1) is 0 Å². The molecule has 0 heterocycles. The first-order chi connectivity index (χ1) is 5.22. The molecular formula is C9H10O2. The van der Waals surface area contributed by atoms with Gasteiger partial charge < -0.3 is 5.11 Å². The van der Waals surface area contributed by atoms with Crippen molar-refractivity contribution in [3.8, 4) is 0 Å². The lowest BCUT2D eigenvalue weighted by Gasteiger charge is -1.88. The maximum atomic E-state index is 10.3. The van der Waals surface area contributed by atoms with Crippen LogP contribution in [-0.2, 0) is 4.79 Å². The van der Waals surface area contributed by atoms with Gasteiger partial charge in [-0.1, -0.05) is 37.5 Å². The summed E-state index contributed by atoms with van der Waals surface area (Å²) in [6, 6.07) is 0. The molecule has 0 spiro atoms. The van der Waals surface area contributed by atoms with Gasteiger partial charge in [0.05, 0.1) is 5.57 Å². The van der Waals surface area contributed by atoms with Crippen molar-refractivity contribution in [3.63, 3.8) is 0 Å². The van der Waals surface area contributed by atoms with E-state index in [2.05, 4.69) is 13.2 Å². The van der Waals surface area contributed by atoms with Crippen molar-refractivity contribution >= 4 is 5.97 Å². The second kappa shape index (κ2) is 5.23. The maximum absolute atomic E-state index is 10.3. The molecule has 0 aromatic carbocycles. The number of hydrogen-bond acceptors (Lipinski definition) is 1. The Labute approximate surface area is 65.9 Å². The van der Waals surface area contributed by atoms with E-state index in [1.807, 2.05) is 0 Å². The van der Waals surface area contributed by atoms with Gasteiger partial charge in [-0.25, -0.2) is 4.79 Å². The van der Waals surface area contributed by atoms with Crippen molar-refractivity contribution < 1.29 is 9.90 Å². The Morgan fingerprint density at radius 1 is 1.27 bits per heavy atom. The van der Waals surface area contributed by atoms with Crippen LogP contribution in [0.25, 0.3) is 0 Å². The lowest BCUT2D eigenvalue weighted by atomic mass is 10.2. The van der Waals surface area contributed by atoms with Crippen molar-refractivity contribution in [2.24, 2.45) is 0 Å². The zero-order valence-electron chi connectivity index (χ0n) is 6.16. The molecule has 0 unspecified atom stereocenters. The minimum Gasteiger partial charge on any atom is -0.478 e. The number of rotatable bonds is 4. The summed E-state index contributed by atoms with van der Waals surface area (Å²) in [6.45, 7) is 6.79. The first-order valence-electron chi connectivity index (χ1n) is 3.07. The topological polar surface area (TPSA) is 37.3 Å². The summed E-state index contributed by atoms with van der Waals surface area (Å²) in [5, 5.41) is 8.47. The first kappa shape index (κ1) is 9.43. The van der Waals surface area contributed by atoms with Crippen molar-refractivity contribution in [1.82, 2.24) is 0 Å². The summed E-state index contributed by atoms with van der Waals surface area (Å²) >= 11 is 0. The van der Waals surface area contributed by atoms with E-state index in [1.54, 1.807) is 18.2 Å². The van der Waals surface area contributed by atoms with Crippen molar-refractivity contribution in [2.75, 3.05) is 0 Å². The van der Waals surface area contributed by atoms with Crippen LogP contribution in [0.3, 0.4) is 0 Å². The van der Waals surface area contributed by atoms with E-state index < -0.39 is 5.97 Å². The Bertz CT molecular complexity index is 222. The molecule has 11 heavy (non-hydrogen) atoms. The Hall–Kier alpha value is -1.57. The number of aliphatic carboxylic acids is 1. The van der Waals surface area contributed by atoms with Gasteiger partial charge >= 0.3 is 5.97 Å². The zero-order valence-corrected chi connectivity index (χ0v) is 6.16. The molecule has 0 aromatic rings. The third-order valence-electron chi connectivity index (χ3n) is 0.990. The molecule has 2 nitrogen and oxygen atoms in total. The molecule has 0 saturated heterocycles. The molecule has 0 aliphatic heterocycles. The van der Waals surface area contributed by atoms with E-state index >= 15 is 0 Å². The smallest absolute Gasteiger partial charge is 0.335 e. The van der Waals surface area contributed by atoms with Crippen LogP contribution < -0.4 is 0 Å². The van der Waals surface area contributed by atoms with Crippen LogP contribution >= 0.6 is 0 Å². The molecule has 0 atom stereocenters. The largest absolute Gasteiger partial charge is 0.478 e. The number of carboxylic acid groups (broad SMARTS) is 1. The van der Waals surface area contributed by atoms with E-state index in [4.69, 9.17) is 5.11 Å². The van der Waals surface area contributed by atoms with Crippen LogP contribution in [-0.4, -0.2) is 11.1 Å². The summed E-state index contributed by atoms with van der Waals surface area (Å²) in [4.78, 5) is 10.3. The lowest BCUT2D eigenvalue weighted by molar-refractivity contribution is -0.132. The van der Waals surface area contributed by atoms with Gasteiger partial charge in [0, 0.05) is 0 Å². The Balaban J connectivity index is 4.35. The molecule has 2 heteroatoms. The van der Waals surface area contributed by atoms with Gasteiger partial charge in [-0.3, -0.25) is 0 Å². The van der Waals surface area contributed by atoms with E-state index in [1.165, 1.54) is 12.2 Å². The fourth-order valence-corrected chi connectivity index (χ4v) is 0.464. The predicted molar refractivity (Wildman–Crippen MR) is 45.3 cm³/mol. The Morgan fingerprint density at radius 2 is 1.91 bits per heavy atom. The summed E-state index contributed by atoms with van der Waals surface area (Å²) in [5.41, 5.74) is 0.170. The van der Waals surface area contributed by atoms with Gasteiger partial charge in [0.2, 0.25) is 0 Å². The highest BCUT2D eigenvalue weighted by Gasteiger charge is 1.97. The lowest BCUT2D eigenvalue weighted by Crippen LogP contribution is -1.95. The molecule has 0 saturated carbocycles. The van der Waals surface area contributed by atoms with Gasteiger partial charge in [-0.05, 0) is 6.08 Å². The SMILES string of the molecule is C=CC=CC=C(C=C)C(=O)O. The zero-order chi connectivity index (χ0) is 8.69. The number of allylic oxidation sites excluding steroid dienone is 4. The quantitative estimate of drug-likeness (QED) is 0.491. The third kappa shape index (κ3) is 3.92. The molecule has 1 N–H and O–H groups in total. The summed E-state index contributed by atoms with van der Waals surface area (Å²) in [7, 11) is 0. The van der Waals surface area contributed by atoms with Gasteiger partial charge in [-0.2, -0.15) is 0 Å². The average Bonchev–Trinajstić information content (AvgIpc) is 1.97. The van der Waals surface area contributed by atoms with E-state index in [9.17, 15) is 4.79 Å². The normalized spacial score (nSPS) is 11.5. The Morgan fingerprint density at radius 3 is 2.27 bits per heavy atom. The number of carbonyl (C=O) groups is 1. The Kier molecular flexibility index (Phi) is 4.49. The molecule has 58 valence electrons. The molecule has 0 rings (SSSR count). The van der Waals surface area contributed by atoms with Crippen LogP contribution in [0.4, 0.5) is 0 Å². The maximum Gasteiger partial charge on any atom is 0.335 e. The highest BCUT2D eigenvalue weighted by atomic mass is 16.4. The van der Waals surface area contributed by atoms with Crippen LogP contribution in [0.1, 0.15) is 0 Å². The van der Waals surface area contributed by atoms with Crippen molar-refractivity contribution in [2.45, 2.75) is 0 Å². The molecular weight excluding hydrogens is 140 g/mol. The van der Waals surface area contributed by atoms with E-state index in [0.29, 0.717) is 0 Å². The first-order valence-corrected chi connectivity index (χ1v) is 3.07. The van der Waals surface area contributed by atoms with E-state index in [-0.39, 0.29) is 5.57 Å². The summed E-state index contributed by atoms with van der Waals surface area (Å²) in [5.74, 6) is -0.978.